The molecule has 0 fully saturated rings. The number of hydrogen-bond donors (Lipinski definition) is 1. The van der Waals surface area contributed by atoms with Crippen molar-refractivity contribution in [2.45, 2.75) is 18.6 Å². The third-order valence-electron chi connectivity index (χ3n) is 4.24. The van der Waals surface area contributed by atoms with Crippen LogP contribution in [0.3, 0.4) is 0 Å². The number of aromatic nitrogens is 4. The van der Waals surface area contributed by atoms with E-state index in [0.717, 1.165) is 5.56 Å². The molecule has 0 radical (unpaired) electrons. The summed E-state index contributed by atoms with van der Waals surface area (Å²) in [5.74, 6) is 0.832. The van der Waals surface area contributed by atoms with Crippen molar-refractivity contribution in [2.24, 2.45) is 0 Å². The lowest BCUT2D eigenvalue weighted by molar-refractivity contribution is -0.113. The van der Waals surface area contributed by atoms with E-state index < -0.39 is 0 Å². The van der Waals surface area contributed by atoms with E-state index in [-0.39, 0.29) is 17.5 Å². The van der Waals surface area contributed by atoms with Crippen LogP contribution in [0.15, 0.2) is 70.3 Å². The Bertz CT molecular complexity index is 1160. The molecule has 0 aliphatic rings. The van der Waals surface area contributed by atoms with E-state index in [4.69, 9.17) is 4.52 Å². The van der Waals surface area contributed by atoms with Gasteiger partial charge >= 0.3 is 0 Å². The topological polar surface area (TPSA) is 85.8 Å². The van der Waals surface area contributed by atoms with Crippen molar-refractivity contribution >= 4 is 23.5 Å². The van der Waals surface area contributed by atoms with Crippen LogP contribution in [0.4, 0.5) is 10.2 Å². The van der Waals surface area contributed by atoms with Crippen LogP contribution in [0.25, 0.3) is 11.4 Å². The second-order valence-electron chi connectivity index (χ2n) is 6.52. The molecule has 0 spiro atoms. The number of nitrogens with zero attached hydrogens (tertiary/aromatic N) is 4. The maximum absolute atomic E-state index is 14.4. The first kappa shape index (κ1) is 19.8. The van der Waals surface area contributed by atoms with E-state index in [9.17, 15) is 9.18 Å². The Labute approximate surface area is 176 Å². The van der Waals surface area contributed by atoms with Crippen LogP contribution in [0.1, 0.15) is 11.3 Å². The highest BCUT2D eigenvalue weighted by atomic mass is 32.2. The molecule has 4 rings (SSSR count). The summed E-state index contributed by atoms with van der Waals surface area (Å²) in [5, 5.41) is 15.3. The van der Waals surface area contributed by atoms with Gasteiger partial charge in [-0.15, -0.1) is 10.2 Å². The van der Waals surface area contributed by atoms with Gasteiger partial charge in [-0.1, -0.05) is 59.4 Å². The van der Waals surface area contributed by atoms with Crippen LogP contribution in [0, 0.1) is 12.7 Å². The number of benzene rings is 2. The molecular weight excluding hydrogens is 405 g/mol. The molecular formula is C21H18FN5O2S. The van der Waals surface area contributed by atoms with E-state index in [2.05, 4.69) is 20.7 Å². The molecule has 1 amide bonds. The summed E-state index contributed by atoms with van der Waals surface area (Å²) in [6.45, 7) is 2.19. The lowest BCUT2D eigenvalue weighted by Crippen LogP contribution is -2.15. The number of nitrogens with one attached hydrogen (secondary N) is 1. The lowest BCUT2D eigenvalue weighted by Gasteiger charge is -2.11. The molecule has 2 aromatic carbocycles. The third kappa shape index (κ3) is 4.57. The molecule has 152 valence electrons. The highest BCUT2D eigenvalue weighted by molar-refractivity contribution is 7.99. The number of anilines is 1. The van der Waals surface area contributed by atoms with Crippen molar-refractivity contribution in [3.8, 4) is 11.4 Å². The molecule has 0 saturated heterocycles. The molecule has 7 nitrogen and oxygen atoms in total. The number of thioether (sulfide) groups is 1. The zero-order chi connectivity index (χ0) is 20.9. The van der Waals surface area contributed by atoms with Gasteiger partial charge in [0.05, 0.1) is 17.9 Å². The number of carbonyl (C=O) groups is 1. The fourth-order valence-corrected chi connectivity index (χ4v) is 3.62. The van der Waals surface area contributed by atoms with Gasteiger partial charge < -0.3 is 9.84 Å². The van der Waals surface area contributed by atoms with E-state index in [1.54, 1.807) is 31.2 Å². The molecule has 4 aromatic rings. The maximum Gasteiger partial charge on any atom is 0.236 e. The monoisotopic (exact) mass is 423 g/mol. The van der Waals surface area contributed by atoms with Crippen molar-refractivity contribution < 1.29 is 13.7 Å². The predicted molar refractivity (Wildman–Crippen MR) is 112 cm³/mol. The van der Waals surface area contributed by atoms with Gasteiger partial charge in [0.1, 0.15) is 11.6 Å². The number of aryl methyl sites for hydroxylation is 1. The first-order valence-corrected chi connectivity index (χ1v) is 10.2. The second-order valence-corrected chi connectivity index (χ2v) is 7.46. The third-order valence-corrected chi connectivity index (χ3v) is 5.21. The second kappa shape index (κ2) is 8.91. The Balaban J connectivity index is 1.57. The number of hydrogen-bond acceptors (Lipinski definition) is 6. The average Bonchev–Trinajstić information content (AvgIpc) is 3.33. The summed E-state index contributed by atoms with van der Waals surface area (Å²) >= 11 is 1.22. The van der Waals surface area contributed by atoms with Crippen LogP contribution >= 0.6 is 11.8 Å². The van der Waals surface area contributed by atoms with Crippen molar-refractivity contribution in [1.82, 2.24) is 19.9 Å². The largest absolute Gasteiger partial charge is 0.360 e. The minimum Gasteiger partial charge on any atom is -0.360 e. The molecule has 9 heteroatoms. The maximum atomic E-state index is 14.4. The number of amides is 1. The summed E-state index contributed by atoms with van der Waals surface area (Å²) in [7, 11) is 0. The number of halogens is 1. The molecule has 2 heterocycles. The van der Waals surface area contributed by atoms with Crippen molar-refractivity contribution in [3.05, 3.63) is 77.8 Å². The van der Waals surface area contributed by atoms with E-state index in [0.29, 0.717) is 34.7 Å². The van der Waals surface area contributed by atoms with E-state index in [1.165, 1.54) is 17.8 Å². The quantitative estimate of drug-likeness (QED) is 0.449. The zero-order valence-electron chi connectivity index (χ0n) is 16.1. The summed E-state index contributed by atoms with van der Waals surface area (Å²) in [5.41, 5.74) is 1.37. The predicted octanol–water partition coefficient (Wildman–Crippen LogP) is 4.16. The summed E-state index contributed by atoms with van der Waals surface area (Å²) < 4.78 is 21.1. The van der Waals surface area contributed by atoms with Gasteiger partial charge in [0.2, 0.25) is 5.91 Å². The van der Waals surface area contributed by atoms with Crippen LogP contribution in [0.5, 0.6) is 0 Å². The van der Waals surface area contributed by atoms with Crippen LogP contribution in [0.2, 0.25) is 0 Å². The molecule has 0 unspecified atom stereocenters. The highest BCUT2D eigenvalue weighted by Gasteiger charge is 2.18. The molecule has 0 aliphatic carbocycles. The molecule has 0 aliphatic heterocycles. The van der Waals surface area contributed by atoms with Gasteiger partial charge in [0, 0.05) is 6.07 Å². The fraction of sp³-hybridized carbons (Fsp3) is 0.143. The SMILES string of the molecule is Cc1cc(NC(=O)CSc2nnc(-c3ccccc3F)n2Cc2ccccc2)no1. The Morgan fingerprint density at radius 3 is 2.63 bits per heavy atom. The Kier molecular flexibility index (Phi) is 5.89. The smallest absolute Gasteiger partial charge is 0.236 e. The minimum absolute atomic E-state index is 0.0934. The van der Waals surface area contributed by atoms with Gasteiger partial charge in [-0.3, -0.25) is 9.36 Å². The number of carbonyl (C=O) groups excluding carboxylic acids is 1. The average molecular weight is 423 g/mol. The van der Waals surface area contributed by atoms with Crippen molar-refractivity contribution in [1.29, 1.82) is 0 Å². The summed E-state index contributed by atoms with van der Waals surface area (Å²) in [6, 6.07) is 17.8. The summed E-state index contributed by atoms with van der Waals surface area (Å²) in [4.78, 5) is 12.3. The molecule has 1 N–H and O–H groups in total. The van der Waals surface area contributed by atoms with Gasteiger partial charge in [-0.25, -0.2) is 4.39 Å². The van der Waals surface area contributed by atoms with Gasteiger partial charge in [-0.2, -0.15) is 0 Å². The normalized spacial score (nSPS) is 10.9. The van der Waals surface area contributed by atoms with Crippen molar-refractivity contribution in [2.75, 3.05) is 11.1 Å². The molecule has 2 aromatic heterocycles. The van der Waals surface area contributed by atoms with E-state index >= 15 is 0 Å². The first-order chi connectivity index (χ1) is 14.6. The number of rotatable bonds is 7. The zero-order valence-corrected chi connectivity index (χ0v) is 16.9. The molecule has 0 bridgehead atoms. The van der Waals surface area contributed by atoms with Crippen LogP contribution < -0.4 is 5.32 Å². The van der Waals surface area contributed by atoms with Crippen molar-refractivity contribution in [3.63, 3.8) is 0 Å². The standard InChI is InChI=1S/C21H18FN5O2S/c1-14-11-18(26-29-14)23-19(28)13-30-21-25-24-20(16-9-5-6-10-17(16)22)27(21)12-15-7-3-2-4-8-15/h2-11H,12-13H2,1H3,(H,23,26,28). The van der Waals surface area contributed by atoms with Gasteiger partial charge in [0.25, 0.3) is 0 Å². The van der Waals surface area contributed by atoms with Gasteiger partial charge in [-0.05, 0) is 24.6 Å². The molecule has 0 saturated carbocycles. The lowest BCUT2D eigenvalue weighted by atomic mass is 10.2. The first-order valence-electron chi connectivity index (χ1n) is 9.18. The molecule has 30 heavy (non-hydrogen) atoms. The highest BCUT2D eigenvalue weighted by Crippen LogP contribution is 2.27. The molecule has 0 atom stereocenters. The van der Waals surface area contributed by atoms with Crippen LogP contribution in [-0.2, 0) is 11.3 Å². The fourth-order valence-electron chi connectivity index (χ4n) is 2.88. The van der Waals surface area contributed by atoms with Gasteiger partial charge in [0.15, 0.2) is 16.8 Å². The minimum atomic E-state index is -0.380. The Morgan fingerprint density at radius 1 is 1.13 bits per heavy atom. The Morgan fingerprint density at radius 2 is 1.90 bits per heavy atom. The van der Waals surface area contributed by atoms with Crippen LogP contribution in [-0.4, -0.2) is 31.6 Å². The summed E-state index contributed by atoms with van der Waals surface area (Å²) in [6.07, 6.45) is 0. The van der Waals surface area contributed by atoms with E-state index in [1.807, 2.05) is 34.9 Å². The Hall–Kier alpha value is -3.46.